The molecule has 0 aliphatic heterocycles. The summed E-state index contributed by atoms with van der Waals surface area (Å²) in [5, 5.41) is 0. The van der Waals surface area contributed by atoms with Gasteiger partial charge in [-0.05, 0) is 74.2 Å². The summed E-state index contributed by atoms with van der Waals surface area (Å²) in [6.07, 6.45) is 4.77. The van der Waals surface area contributed by atoms with Crippen LogP contribution in [0.3, 0.4) is 0 Å². The molecule has 0 radical (unpaired) electrons. The Morgan fingerprint density at radius 1 is 1.00 bits per heavy atom. The quantitative estimate of drug-likeness (QED) is 0.827. The molecule has 25 heavy (non-hydrogen) atoms. The zero-order valence-electron chi connectivity index (χ0n) is 13.6. The van der Waals surface area contributed by atoms with Crippen LogP contribution in [0.5, 0.6) is 5.75 Å². The highest BCUT2D eigenvalue weighted by Gasteiger charge is 2.17. The lowest BCUT2D eigenvalue weighted by molar-refractivity contribution is 0.1000. The van der Waals surface area contributed by atoms with Gasteiger partial charge in [0, 0.05) is 11.3 Å². The van der Waals surface area contributed by atoms with E-state index < -0.39 is 15.9 Å². The van der Waals surface area contributed by atoms with E-state index >= 15 is 0 Å². The van der Waals surface area contributed by atoms with Crippen LogP contribution in [0.1, 0.15) is 36.0 Å². The predicted molar refractivity (Wildman–Crippen MR) is 95.1 cm³/mol. The van der Waals surface area contributed by atoms with E-state index in [1.54, 1.807) is 24.3 Å². The van der Waals surface area contributed by atoms with Crippen molar-refractivity contribution in [1.82, 2.24) is 0 Å². The zero-order valence-corrected chi connectivity index (χ0v) is 14.5. The molecule has 0 aromatic heterocycles. The van der Waals surface area contributed by atoms with E-state index in [1.807, 2.05) is 0 Å². The van der Waals surface area contributed by atoms with E-state index in [9.17, 15) is 13.2 Å². The topological polar surface area (TPSA) is 98.5 Å². The molecule has 1 saturated carbocycles. The molecular weight excluding hydrogens is 340 g/mol. The van der Waals surface area contributed by atoms with Gasteiger partial charge in [0.05, 0.1) is 11.0 Å². The number of nitrogens with one attached hydrogen (secondary N) is 1. The van der Waals surface area contributed by atoms with Gasteiger partial charge in [-0.2, -0.15) is 0 Å². The molecule has 7 heteroatoms. The van der Waals surface area contributed by atoms with Crippen LogP contribution in [-0.2, 0) is 10.0 Å². The summed E-state index contributed by atoms with van der Waals surface area (Å²) in [6, 6.07) is 12.3. The van der Waals surface area contributed by atoms with Gasteiger partial charge in [-0.15, -0.1) is 0 Å². The molecule has 1 aliphatic rings. The Morgan fingerprint density at radius 3 is 2.16 bits per heavy atom. The number of sulfonamides is 1. The van der Waals surface area contributed by atoms with Crippen LogP contribution in [0.25, 0.3) is 0 Å². The number of amides is 1. The van der Waals surface area contributed by atoms with Gasteiger partial charge >= 0.3 is 0 Å². The highest BCUT2D eigenvalue weighted by atomic mass is 32.2. The molecule has 6 nitrogen and oxygen atoms in total. The molecule has 1 aliphatic carbocycles. The first kappa shape index (κ1) is 17.3. The van der Waals surface area contributed by atoms with E-state index in [1.165, 1.54) is 37.1 Å². The minimum absolute atomic E-state index is 0.0591. The van der Waals surface area contributed by atoms with Crippen LogP contribution in [0.15, 0.2) is 53.4 Å². The molecule has 2 aromatic rings. The first-order chi connectivity index (χ1) is 11.9. The average Bonchev–Trinajstić information content (AvgIpc) is 3.09. The largest absolute Gasteiger partial charge is 0.490 e. The molecule has 1 amide bonds. The molecular formula is C18H20N2O4S. The van der Waals surface area contributed by atoms with Crippen molar-refractivity contribution in [1.29, 1.82) is 0 Å². The monoisotopic (exact) mass is 360 g/mol. The van der Waals surface area contributed by atoms with Crippen LogP contribution < -0.4 is 15.2 Å². The third-order valence-electron chi connectivity index (χ3n) is 4.16. The summed E-state index contributed by atoms with van der Waals surface area (Å²) in [7, 11) is -3.73. The van der Waals surface area contributed by atoms with E-state index in [2.05, 4.69) is 4.72 Å². The second kappa shape index (κ2) is 7.14. The van der Waals surface area contributed by atoms with Crippen molar-refractivity contribution in [2.75, 3.05) is 4.72 Å². The van der Waals surface area contributed by atoms with E-state index in [-0.39, 0.29) is 16.6 Å². The van der Waals surface area contributed by atoms with Crippen molar-refractivity contribution >= 4 is 21.6 Å². The van der Waals surface area contributed by atoms with Gasteiger partial charge < -0.3 is 10.5 Å². The van der Waals surface area contributed by atoms with Gasteiger partial charge in [0.25, 0.3) is 10.0 Å². The molecule has 0 atom stereocenters. The van der Waals surface area contributed by atoms with Crippen LogP contribution in [0, 0.1) is 0 Å². The van der Waals surface area contributed by atoms with Crippen LogP contribution in [0.4, 0.5) is 5.69 Å². The molecule has 0 spiro atoms. The number of anilines is 1. The van der Waals surface area contributed by atoms with E-state index in [4.69, 9.17) is 10.5 Å². The number of carbonyl (C=O) groups is 1. The predicted octanol–water partition coefficient (Wildman–Crippen LogP) is 2.91. The number of hydrogen-bond acceptors (Lipinski definition) is 4. The Morgan fingerprint density at radius 2 is 1.60 bits per heavy atom. The second-order valence-corrected chi connectivity index (χ2v) is 7.73. The summed E-state index contributed by atoms with van der Waals surface area (Å²) in [5.41, 5.74) is 5.85. The molecule has 3 N–H and O–H groups in total. The number of benzene rings is 2. The molecule has 0 saturated heterocycles. The van der Waals surface area contributed by atoms with Gasteiger partial charge in [-0.1, -0.05) is 0 Å². The molecule has 3 rings (SSSR count). The normalized spacial score (nSPS) is 15.0. The van der Waals surface area contributed by atoms with Gasteiger partial charge in [-0.25, -0.2) is 8.42 Å². The lowest BCUT2D eigenvalue weighted by Crippen LogP contribution is -2.15. The van der Waals surface area contributed by atoms with Crippen molar-refractivity contribution in [3.63, 3.8) is 0 Å². The molecule has 0 heterocycles. The Kier molecular flexibility index (Phi) is 4.94. The number of nitrogens with two attached hydrogens (primary N) is 1. The summed E-state index contributed by atoms with van der Waals surface area (Å²) < 4.78 is 33.1. The van der Waals surface area contributed by atoms with Crippen molar-refractivity contribution in [2.24, 2.45) is 5.73 Å². The molecule has 132 valence electrons. The van der Waals surface area contributed by atoms with Gasteiger partial charge in [0.1, 0.15) is 5.75 Å². The number of primary amides is 1. The SMILES string of the molecule is NC(=O)c1ccc(S(=O)(=O)Nc2ccc(OC3CCCC3)cc2)cc1. The Bertz CT molecular complexity index is 840. The van der Waals surface area contributed by atoms with Gasteiger partial charge in [0.15, 0.2) is 0 Å². The molecule has 0 bridgehead atoms. The number of hydrogen-bond donors (Lipinski definition) is 2. The smallest absolute Gasteiger partial charge is 0.261 e. The third kappa shape index (κ3) is 4.30. The third-order valence-corrected chi connectivity index (χ3v) is 5.56. The number of ether oxygens (including phenoxy) is 1. The van der Waals surface area contributed by atoms with Gasteiger partial charge in [-0.3, -0.25) is 9.52 Å². The Labute approximate surface area is 147 Å². The number of carbonyl (C=O) groups excluding carboxylic acids is 1. The summed E-state index contributed by atoms with van der Waals surface area (Å²) >= 11 is 0. The second-order valence-electron chi connectivity index (χ2n) is 6.04. The number of rotatable bonds is 6. The lowest BCUT2D eigenvalue weighted by Gasteiger charge is -2.14. The Balaban J connectivity index is 1.68. The first-order valence-corrected chi connectivity index (χ1v) is 9.62. The van der Waals surface area contributed by atoms with Crippen molar-refractivity contribution in [3.05, 3.63) is 54.1 Å². The minimum atomic E-state index is -3.73. The van der Waals surface area contributed by atoms with Crippen LogP contribution >= 0.6 is 0 Å². The zero-order chi connectivity index (χ0) is 17.9. The average molecular weight is 360 g/mol. The maximum atomic E-state index is 12.4. The van der Waals surface area contributed by atoms with Crippen molar-refractivity contribution in [3.8, 4) is 5.75 Å². The van der Waals surface area contributed by atoms with Gasteiger partial charge in [0.2, 0.25) is 5.91 Å². The fraction of sp³-hybridized carbons (Fsp3) is 0.278. The minimum Gasteiger partial charge on any atom is -0.490 e. The maximum Gasteiger partial charge on any atom is 0.261 e. The Hall–Kier alpha value is -2.54. The fourth-order valence-electron chi connectivity index (χ4n) is 2.81. The van der Waals surface area contributed by atoms with Crippen LogP contribution in [-0.4, -0.2) is 20.4 Å². The van der Waals surface area contributed by atoms with Crippen molar-refractivity contribution < 1.29 is 17.9 Å². The maximum absolute atomic E-state index is 12.4. The highest BCUT2D eigenvalue weighted by Crippen LogP contribution is 2.25. The molecule has 1 fully saturated rings. The summed E-state index contributed by atoms with van der Waals surface area (Å²) in [5.74, 6) is 0.135. The standard InChI is InChI=1S/C18H20N2O4S/c19-18(21)13-5-11-17(12-6-13)25(22,23)20-14-7-9-16(10-8-14)24-15-3-1-2-4-15/h5-12,15,20H,1-4H2,(H2,19,21). The lowest BCUT2D eigenvalue weighted by atomic mass is 10.2. The fourth-order valence-corrected chi connectivity index (χ4v) is 3.87. The summed E-state index contributed by atoms with van der Waals surface area (Å²) in [6.45, 7) is 0. The molecule has 2 aromatic carbocycles. The van der Waals surface area contributed by atoms with Crippen LogP contribution in [0.2, 0.25) is 0 Å². The van der Waals surface area contributed by atoms with E-state index in [0.717, 1.165) is 18.6 Å². The molecule has 0 unspecified atom stereocenters. The van der Waals surface area contributed by atoms with E-state index in [0.29, 0.717) is 5.69 Å². The van der Waals surface area contributed by atoms with Crippen molar-refractivity contribution in [2.45, 2.75) is 36.7 Å². The summed E-state index contributed by atoms with van der Waals surface area (Å²) in [4.78, 5) is 11.1. The first-order valence-electron chi connectivity index (χ1n) is 8.13. The highest BCUT2D eigenvalue weighted by molar-refractivity contribution is 7.92.